The van der Waals surface area contributed by atoms with E-state index < -0.39 is 0 Å². The molecule has 6 rings (SSSR count). The maximum absolute atomic E-state index is 13.6. The van der Waals surface area contributed by atoms with E-state index in [1.165, 1.54) is 6.07 Å². The number of fused-ring (bicyclic) bond motifs is 1. The third kappa shape index (κ3) is 6.37. The maximum atomic E-state index is 13.6. The van der Waals surface area contributed by atoms with E-state index in [2.05, 4.69) is 5.16 Å². The predicted molar refractivity (Wildman–Crippen MR) is 142 cm³/mol. The number of aromatic nitrogens is 2. The van der Waals surface area contributed by atoms with E-state index in [1.54, 1.807) is 0 Å². The minimum absolute atomic E-state index is 0.0520. The number of H-pyrrole nitrogens is 1. The fourth-order valence-corrected chi connectivity index (χ4v) is 6.20. The highest BCUT2D eigenvalue weighted by molar-refractivity contribution is 5.94. The minimum Gasteiger partial charge on any atom is -0.477 e. The minimum atomic E-state index is -0.283. The Morgan fingerprint density at radius 1 is 0.974 bits per heavy atom. The summed E-state index contributed by atoms with van der Waals surface area (Å²) in [6, 6.07) is 5.19. The van der Waals surface area contributed by atoms with Crippen LogP contribution in [0, 0.1) is 17.8 Å². The van der Waals surface area contributed by atoms with Gasteiger partial charge < -0.3 is 23.8 Å². The zero-order valence-corrected chi connectivity index (χ0v) is 22.4. The molecule has 4 fully saturated rings. The van der Waals surface area contributed by atoms with Crippen LogP contribution in [0.1, 0.15) is 72.7 Å². The van der Waals surface area contributed by atoms with Crippen LogP contribution in [0.5, 0.6) is 5.88 Å². The number of carbonyl (C=O) groups excluding carboxylic acids is 2. The van der Waals surface area contributed by atoms with Crippen molar-refractivity contribution in [2.45, 2.75) is 57.3 Å². The number of rotatable bonds is 8. The van der Waals surface area contributed by atoms with Gasteiger partial charge >= 0.3 is 0 Å². The van der Waals surface area contributed by atoms with E-state index in [4.69, 9.17) is 19.0 Å². The number of nitrogens with zero attached hydrogens (tertiary/aromatic N) is 3. The molecule has 0 spiro atoms. The van der Waals surface area contributed by atoms with Crippen LogP contribution in [0.15, 0.2) is 27.5 Å². The molecular weight excluding hydrogens is 500 g/mol. The Balaban J connectivity index is 1.04. The Morgan fingerprint density at radius 3 is 2.38 bits per heavy atom. The molecule has 0 radical (unpaired) electrons. The first-order valence-electron chi connectivity index (χ1n) is 14.5. The number of nitrogens with one attached hydrogen (secondary N) is 1. The number of amides is 2. The van der Waals surface area contributed by atoms with Crippen molar-refractivity contribution < 1.29 is 23.6 Å². The third-order valence-electron chi connectivity index (χ3n) is 8.79. The molecule has 3 aliphatic heterocycles. The van der Waals surface area contributed by atoms with E-state index in [0.717, 1.165) is 70.5 Å². The molecule has 210 valence electrons. The highest BCUT2D eigenvalue weighted by atomic mass is 16.5. The van der Waals surface area contributed by atoms with Crippen molar-refractivity contribution in [1.82, 2.24) is 19.9 Å². The number of aryl methyl sites for hydroxylation is 1. The molecule has 2 atom stereocenters. The lowest BCUT2D eigenvalue weighted by Gasteiger charge is -2.24. The predicted octanol–water partition coefficient (Wildman–Crippen LogP) is 2.99. The average molecular weight is 539 g/mol. The average Bonchev–Trinajstić information content (AvgIpc) is 3.66. The van der Waals surface area contributed by atoms with Gasteiger partial charge in [0.2, 0.25) is 11.8 Å². The summed E-state index contributed by atoms with van der Waals surface area (Å²) in [5.74, 6) is 2.92. The highest BCUT2D eigenvalue weighted by Crippen LogP contribution is 2.40. The van der Waals surface area contributed by atoms with Gasteiger partial charge in [0.05, 0.1) is 6.61 Å². The summed E-state index contributed by atoms with van der Waals surface area (Å²) in [6.07, 6.45) is 6.76. The Bertz CT molecular complexity index is 1210. The molecule has 0 bridgehead atoms. The molecule has 2 amide bonds. The van der Waals surface area contributed by atoms with Crippen molar-refractivity contribution in [3.63, 3.8) is 0 Å². The molecule has 1 N–H and O–H groups in total. The lowest BCUT2D eigenvalue weighted by atomic mass is 9.92. The fraction of sp³-hybridized carbons (Fsp3) is 0.655. The summed E-state index contributed by atoms with van der Waals surface area (Å²) in [4.78, 5) is 46.3. The maximum Gasteiger partial charge on any atom is 0.280 e. The van der Waals surface area contributed by atoms with Crippen molar-refractivity contribution in [2.75, 3.05) is 46.0 Å². The standard InChI is InChI=1S/C29H38N4O6/c34-26-15-24(39-31-26)3-4-28(35)33-16-21-5-9-32(10-6-22(21)17-33)29(36)23-13-25(20-1-2-20)30-27(14-23)38-18-19-7-11-37-12-8-19/h13-15,19-22H,1-12,16-18H2,(H,31,34). The van der Waals surface area contributed by atoms with E-state index in [-0.39, 0.29) is 17.4 Å². The Labute approximate surface area is 228 Å². The fourth-order valence-electron chi connectivity index (χ4n) is 6.20. The number of likely N-dealkylation sites (tertiary alicyclic amines) is 2. The summed E-state index contributed by atoms with van der Waals surface area (Å²) in [5.41, 5.74) is 1.37. The first kappa shape index (κ1) is 26.1. The number of aromatic amines is 1. The number of ether oxygens (including phenoxy) is 2. The zero-order valence-electron chi connectivity index (χ0n) is 22.4. The van der Waals surface area contributed by atoms with E-state index in [9.17, 15) is 14.4 Å². The lowest BCUT2D eigenvalue weighted by Crippen LogP contribution is -2.34. The second-order valence-corrected chi connectivity index (χ2v) is 11.6. The number of hydrogen-bond donors (Lipinski definition) is 1. The molecule has 39 heavy (non-hydrogen) atoms. The molecular formula is C29H38N4O6. The van der Waals surface area contributed by atoms with Crippen LogP contribution in [0.3, 0.4) is 0 Å². The summed E-state index contributed by atoms with van der Waals surface area (Å²) in [5, 5.41) is 2.27. The second-order valence-electron chi connectivity index (χ2n) is 11.6. The monoisotopic (exact) mass is 538 g/mol. The van der Waals surface area contributed by atoms with E-state index in [0.29, 0.717) is 73.4 Å². The number of hydrogen-bond acceptors (Lipinski definition) is 7. The molecule has 2 aromatic rings. The van der Waals surface area contributed by atoms with E-state index in [1.807, 2.05) is 21.9 Å². The van der Waals surface area contributed by atoms with E-state index >= 15 is 0 Å². The first-order chi connectivity index (χ1) is 19.0. The van der Waals surface area contributed by atoms with Crippen LogP contribution >= 0.6 is 0 Å². The Hall–Kier alpha value is -3.14. The molecule has 10 heteroatoms. The van der Waals surface area contributed by atoms with Gasteiger partial charge in [-0.3, -0.25) is 14.4 Å². The summed E-state index contributed by atoms with van der Waals surface area (Å²) >= 11 is 0. The van der Waals surface area contributed by atoms with Crippen molar-refractivity contribution >= 4 is 11.8 Å². The van der Waals surface area contributed by atoms with Gasteiger partial charge in [-0.25, -0.2) is 4.98 Å². The van der Waals surface area contributed by atoms with Crippen LogP contribution < -0.4 is 10.3 Å². The van der Waals surface area contributed by atoms with Crippen LogP contribution in [-0.4, -0.2) is 77.8 Å². The molecule has 2 aromatic heterocycles. The summed E-state index contributed by atoms with van der Waals surface area (Å²) in [6.45, 7) is 5.01. The van der Waals surface area contributed by atoms with Gasteiger partial charge in [0.25, 0.3) is 11.5 Å². The largest absolute Gasteiger partial charge is 0.477 e. The molecule has 3 saturated heterocycles. The summed E-state index contributed by atoms with van der Waals surface area (Å²) in [7, 11) is 0. The normalized spacial score (nSPS) is 23.9. The van der Waals surface area contributed by atoms with Gasteiger partial charge in [0, 0.05) is 81.5 Å². The highest BCUT2D eigenvalue weighted by Gasteiger charge is 2.38. The molecule has 5 heterocycles. The molecule has 0 aromatic carbocycles. The van der Waals surface area contributed by atoms with Crippen LogP contribution in [0.4, 0.5) is 0 Å². The van der Waals surface area contributed by atoms with Gasteiger partial charge in [-0.1, -0.05) is 0 Å². The summed E-state index contributed by atoms with van der Waals surface area (Å²) < 4.78 is 16.6. The van der Waals surface area contributed by atoms with Crippen LogP contribution in [-0.2, 0) is 16.0 Å². The first-order valence-corrected chi connectivity index (χ1v) is 14.5. The SMILES string of the molecule is O=C(CCc1cc(=O)[nH]o1)N1CC2CCN(C(=O)c3cc(OCC4CCOCC4)nc(C4CC4)c3)CCC2C1. The zero-order chi connectivity index (χ0) is 26.8. The Morgan fingerprint density at radius 2 is 1.72 bits per heavy atom. The van der Waals surface area contributed by atoms with Gasteiger partial charge in [-0.15, -0.1) is 0 Å². The number of pyridine rings is 1. The number of carbonyl (C=O) groups is 2. The smallest absolute Gasteiger partial charge is 0.280 e. The van der Waals surface area contributed by atoms with Gasteiger partial charge in [-0.05, 0) is 62.3 Å². The van der Waals surface area contributed by atoms with Crippen molar-refractivity contribution in [3.05, 3.63) is 45.6 Å². The van der Waals surface area contributed by atoms with Crippen molar-refractivity contribution in [1.29, 1.82) is 0 Å². The lowest BCUT2D eigenvalue weighted by molar-refractivity contribution is -0.130. The Kier molecular flexibility index (Phi) is 7.72. The molecule has 1 aliphatic carbocycles. The van der Waals surface area contributed by atoms with Crippen LogP contribution in [0.25, 0.3) is 0 Å². The molecule has 4 aliphatic rings. The molecule has 1 saturated carbocycles. The van der Waals surface area contributed by atoms with Crippen LogP contribution in [0.2, 0.25) is 0 Å². The molecule has 2 unspecified atom stereocenters. The topological polar surface area (TPSA) is 118 Å². The van der Waals surface area contributed by atoms with Gasteiger partial charge in [0.15, 0.2) is 0 Å². The third-order valence-corrected chi connectivity index (χ3v) is 8.79. The second kappa shape index (κ2) is 11.5. The van der Waals surface area contributed by atoms with Gasteiger partial charge in [-0.2, -0.15) is 5.16 Å². The quantitative estimate of drug-likeness (QED) is 0.549. The van der Waals surface area contributed by atoms with Gasteiger partial charge in [0.1, 0.15) is 5.76 Å². The van der Waals surface area contributed by atoms with Crippen molar-refractivity contribution in [3.8, 4) is 5.88 Å². The molecule has 10 nitrogen and oxygen atoms in total. The van der Waals surface area contributed by atoms with Crippen molar-refractivity contribution in [2.24, 2.45) is 17.8 Å².